The molecule has 0 aliphatic carbocycles. The van der Waals surface area contributed by atoms with Crippen molar-refractivity contribution in [3.05, 3.63) is 23.8 Å². The Kier molecular flexibility index (Phi) is 2.34. The Morgan fingerprint density at radius 3 is 2.09 bits per heavy atom. The number of benzene rings is 1. The summed E-state index contributed by atoms with van der Waals surface area (Å²) in [6, 6.07) is 2.42. The van der Waals surface area contributed by atoms with E-state index in [1.807, 2.05) is 0 Å². The SMILES string of the molecule is CSc1cc(F)c(N)c(F)c1. The van der Waals surface area contributed by atoms with Crippen LogP contribution in [-0.2, 0) is 0 Å². The third kappa shape index (κ3) is 1.63. The van der Waals surface area contributed by atoms with E-state index in [9.17, 15) is 8.78 Å². The number of anilines is 1. The molecule has 0 heterocycles. The van der Waals surface area contributed by atoms with Gasteiger partial charge in [0, 0.05) is 4.90 Å². The predicted octanol–water partition coefficient (Wildman–Crippen LogP) is 2.27. The molecular weight excluding hydrogens is 168 g/mol. The van der Waals surface area contributed by atoms with Gasteiger partial charge < -0.3 is 5.73 Å². The molecule has 0 aromatic heterocycles. The standard InChI is InChI=1S/C7H7F2NS/c1-11-4-2-5(8)7(10)6(9)3-4/h2-3H,10H2,1H3. The highest BCUT2D eigenvalue weighted by Crippen LogP contribution is 2.22. The van der Waals surface area contributed by atoms with E-state index in [-0.39, 0.29) is 0 Å². The summed E-state index contributed by atoms with van der Waals surface area (Å²) >= 11 is 1.27. The maximum absolute atomic E-state index is 12.6. The second-order valence-electron chi connectivity index (χ2n) is 2.00. The Morgan fingerprint density at radius 2 is 1.73 bits per heavy atom. The molecule has 0 amide bonds. The third-order valence-corrected chi connectivity index (χ3v) is 2.00. The Morgan fingerprint density at radius 1 is 1.27 bits per heavy atom. The predicted molar refractivity (Wildman–Crippen MR) is 42.6 cm³/mol. The van der Waals surface area contributed by atoms with Gasteiger partial charge in [-0.25, -0.2) is 8.78 Å². The van der Waals surface area contributed by atoms with E-state index in [4.69, 9.17) is 5.73 Å². The molecule has 1 rings (SSSR count). The lowest BCUT2D eigenvalue weighted by Crippen LogP contribution is -1.95. The molecule has 60 valence electrons. The van der Waals surface area contributed by atoms with E-state index in [0.29, 0.717) is 4.90 Å². The summed E-state index contributed by atoms with van der Waals surface area (Å²) in [6.45, 7) is 0. The van der Waals surface area contributed by atoms with E-state index in [1.165, 1.54) is 23.9 Å². The second kappa shape index (κ2) is 3.09. The molecule has 0 spiro atoms. The number of rotatable bonds is 1. The van der Waals surface area contributed by atoms with Crippen molar-refractivity contribution in [2.24, 2.45) is 0 Å². The minimum atomic E-state index is -0.700. The largest absolute Gasteiger partial charge is 0.394 e. The van der Waals surface area contributed by atoms with Crippen LogP contribution < -0.4 is 5.73 Å². The first-order valence-corrected chi connectivity index (χ1v) is 4.16. The van der Waals surface area contributed by atoms with Crippen molar-refractivity contribution in [3.8, 4) is 0 Å². The third-order valence-electron chi connectivity index (χ3n) is 1.29. The van der Waals surface area contributed by atoms with Gasteiger partial charge in [0.25, 0.3) is 0 Å². The summed E-state index contributed by atoms with van der Waals surface area (Å²) in [7, 11) is 0. The Labute approximate surface area is 67.6 Å². The first-order chi connectivity index (χ1) is 5.15. The van der Waals surface area contributed by atoms with Crippen molar-refractivity contribution in [1.29, 1.82) is 0 Å². The van der Waals surface area contributed by atoms with E-state index in [1.54, 1.807) is 6.26 Å². The molecule has 4 heteroatoms. The number of nitrogen functional groups attached to an aromatic ring is 1. The Balaban J connectivity index is 3.21. The van der Waals surface area contributed by atoms with E-state index in [2.05, 4.69) is 0 Å². The van der Waals surface area contributed by atoms with Crippen molar-refractivity contribution < 1.29 is 8.78 Å². The molecule has 0 fully saturated rings. The zero-order valence-corrected chi connectivity index (χ0v) is 6.71. The molecule has 0 saturated heterocycles. The first-order valence-electron chi connectivity index (χ1n) is 2.93. The van der Waals surface area contributed by atoms with Crippen LogP contribution in [0.25, 0.3) is 0 Å². The van der Waals surface area contributed by atoms with Crippen LogP contribution >= 0.6 is 11.8 Å². The summed E-state index contributed by atoms with van der Waals surface area (Å²) < 4.78 is 25.3. The average molecular weight is 175 g/mol. The molecule has 0 radical (unpaired) electrons. The van der Waals surface area contributed by atoms with Gasteiger partial charge in [0.2, 0.25) is 0 Å². The van der Waals surface area contributed by atoms with Gasteiger partial charge in [0.1, 0.15) is 17.3 Å². The van der Waals surface area contributed by atoms with Crippen molar-refractivity contribution in [1.82, 2.24) is 0 Å². The smallest absolute Gasteiger partial charge is 0.150 e. The molecule has 1 aromatic carbocycles. The molecule has 2 N–H and O–H groups in total. The maximum atomic E-state index is 12.6. The van der Waals surface area contributed by atoms with Gasteiger partial charge in [-0.15, -0.1) is 11.8 Å². The molecule has 0 atom stereocenters. The minimum Gasteiger partial charge on any atom is -0.394 e. The van der Waals surface area contributed by atoms with Crippen LogP contribution in [0.1, 0.15) is 0 Å². The van der Waals surface area contributed by atoms with Crippen LogP contribution in [-0.4, -0.2) is 6.26 Å². The van der Waals surface area contributed by atoms with E-state index < -0.39 is 17.3 Å². The lowest BCUT2D eigenvalue weighted by atomic mass is 10.3. The first kappa shape index (κ1) is 8.33. The Hall–Kier alpha value is -0.770. The monoisotopic (exact) mass is 175 g/mol. The van der Waals surface area contributed by atoms with Gasteiger partial charge in [-0.2, -0.15) is 0 Å². The summed E-state index contributed by atoms with van der Waals surface area (Å²) in [5.41, 5.74) is 4.63. The molecule has 0 aliphatic heterocycles. The van der Waals surface area contributed by atoms with E-state index in [0.717, 1.165) is 0 Å². The molecule has 11 heavy (non-hydrogen) atoms. The number of halogens is 2. The summed E-state index contributed by atoms with van der Waals surface area (Å²) in [5.74, 6) is -1.40. The molecule has 0 unspecified atom stereocenters. The molecule has 1 aromatic rings. The zero-order chi connectivity index (χ0) is 8.43. The van der Waals surface area contributed by atoms with Gasteiger partial charge in [-0.05, 0) is 18.4 Å². The molecule has 0 bridgehead atoms. The molecule has 0 aliphatic rings. The van der Waals surface area contributed by atoms with Crippen LogP contribution in [0.2, 0.25) is 0 Å². The molecule has 0 saturated carbocycles. The minimum absolute atomic E-state index is 0.414. The van der Waals surface area contributed by atoms with Crippen molar-refractivity contribution in [2.45, 2.75) is 4.90 Å². The number of hydrogen-bond donors (Lipinski definition) is 1. The second-order valence-corrected chi connectivity index (χ2v) is 2.88. The van der Waals surface area contributed by atoms with Gasteiger partial charge in [0.05, 0.1) is 0 Å². The van der Waals surface area contributed by atoms with E-state index >= 15 is 0 Å². The summed E-state index contributed by atoms with van der Waals surface area (Å²) in [4.78, 5) is 0.536. The number of hydrogen-bond acceptors (Lipinski definition) is 2. The van der Waals surface area contributed by atoms with Crippen molar-refractivity contribution >= 4 is 17.4 Å². The summed E-state index contributed by atoms with van der Waals surface area (Å²) in [6.07, 6.45) is 1.74. The quantitative estimate of drug-likeness (QED) is 0.523. The van der Waals surface area contributed by atoms with Crippen LogP contribution in [0.5, 0.6) is 0 Å². The molecular formula is C7H7F2NS. The van der Waals surface area contributed by atoms with Crippen LogP contribution in [0.4, 0.5) is 14.5 Å². The van der Waals surface area contributed by atoms with Gasteiger partial charge in [-0.1, -0.05) is 0 Å². The molecule has 1 nitrogen and oxygen atoms in total. The fraction of sp³-hybridized carbons (Fsp3) is 0.143. The highest BCUT2D eigenvalue weighted by atomic mass is 32.2. The zero-order valence-electron chi connectivity index (χ0n) is 5.90. The van der Waals surface area contributed by atoms with Gasteiger partial charge >= 0.3 is 0 Å². The van der Waals surface area contributed by atoms with Crippen LogP contribution in [0.3, 0.4) is 0 Å². The van der Waals surface area contributed by atoms with Crippen LogP contribution in [0.15, 0.2) is 17.0 Å². The highest BCUT2D eigenvalue weighted by Gasteiger charge is 2.05. The van der Waals surface area contributed by atoms with Crippen molar-refractivity contribution in [2.75, 3.05) is 12.0 Å². The fourth-order valence-electron chi connectivity index (χ4n) is 0.679. The maximum Gasteiger partial charge on any atom is 0.150 e. The topological polar surface area (TPSA) is 26.0 Å². The summed E-state index contributed by atoms with van der Waals surface area (Å²) in [5, 5.41) is 0. The average Bonchev–Trinajstić information content (AvgIpc) is 1.99. The van der Waals surface area contributed by atoms with Crippen LogP contribution in [0, 0.1) is 11.6 Å². The van der Waals surface area contributed by atoms with Gasteiger partial charge in [0.15, 0.2) is 0 Å². The number of nitrogens with two attached hydrogens (primary N) is 1. The highest BCUT2D eigenvalue weighted by molar-refractivity contribution is 7.98. The fourth-order valence-corrected chi connectivity index (χ4v) is 1.12. The Bertz CT molecular complexity index is 252. The van der Waals surface area contributed by atoms with Crippen molar-refractivity contribution in [3.63, 3.8) is 0 Å². The lowest BCUT2D eigenvalue weighted by Gasteiger charge is -2.00. The number of thioether (sulfide) groups is 1. The lowest BCUT2D eigenvalue weighted by molar-refractivity contribution is 0.586. The van der Waals surface area contributed by atoms with Gasteiger partial charge in [-0.3, -0.25) is 0 Å². The normalized spacial score (nSPS) is 10.1.